The summed E-state index contributed by atoms with van der Waals surface area (Å²) in [6.45, 7) is 1.10. The van der Waals surface area contributed by atoms with Crippen LogP contribution in [0, 0.1) is 0 Å². The van der Waals surface area contributed by atoms with Crippen molar-refractivity contribution in [2.45, 2.75) is 25.6 Å². The Morgan fingerprint density at radius 3 is 2.78 bits per heavy atom. The van der Waals surface area contributed by atoms with Gasteiger partial charge in [0, 0.05) is 24.2 Å². The molecule has 1 amide bonds. The molecule has 1 aromatic heterocycles. The molecule has 23 heavy (non-hydrogen) atoms. The molecular formula is C19H18N2O2. The number of carbonyl (C=O) groups is 1. The first-order valence-electron chi connectivity index (χ1n) is 7.84. The molecule has 0 saturated carbocycles. The van der Waals surface area contributed by atoms with E-state index in [2.05, 4.69) is 34.1 Å². The fraction of sp³-hybridized carbons (Fsp3) is 0.211. The number of carbonyl (C=O) groups excluding carboxylic acids is 1. The summed E-state index contributed by atoms with van der Waals surface area (Å²) in [6.07, 6.45) is 0.490. The minimum absolute atomic E-state index is 0.0953. The van der Waals surface area contributed by atoms with Gasteiger partial charge in [0.15, 0.2) is 0 Å². The van der Waals surface area contributed by atoms with E-state index >= 15 is 0 Å². The van der Waals surface area contributed by atoms with Gasteiger partial charge in [-0.15, -0.1) is 0 Å². The molecule has 0 spiro atoms. The summed E-state index contributed by atoms with van der Waals surface area (Å²) >= 11 is 0. The van der Waals surface area contributed by atoms with Crippen molar-refractivity contribution in [2.75, 3.05) is 0 Å². The van der Waals surface area contributed by atoms with E-state index in [-0.39, 0.29) is 12.1 Å². The first kappa shape index (κ1) is 13.9. The van der Waals surface area contributed by atoms with Crippen molar-refractivity contribution in [3.8, 4) is 0 Å². The average Bonchev–Trinajstić information content (AvgIpc) is 3.11. The summed E-state index contributed by atoms with van der Waals surface area (Å²) < 4.78 is 7.57. The number of fused-ring (bicyclic) bond motifs is 3. The van der Waals surface area contributed by atoms with Crippen LogP contribution in [0.15, 0.2) is 60.7 Å². The Labute approximate surface area is 134 Å². The predicted molar refractivity (Wildman–Crippen MR) is 89.2 cm³/mol. The third kappa shape index (κ3) is 2.80. The van der Waals surface area contributed by atoms with E-state index in [0.717, 1.165) is 18.5 Å². The second-order valence-corrected chi connectivity index (χ2v) is 5.91. The van der Waals surface area contributed by atoms with E-state index in [1.54, 1.807) is 0 Å². The SMILES string of the molecule is O=C(N[C@H]1Cc2cc3ccccc3n2C1)OCc1ccccc1. The highest BCUT2D eigenvalue weighted by Gasteiger charge is 2.25. The number of benzene rings is 2. The number of amides is 1. The third-order valence-corrected chi connectivity index (χ3v) is 4.29. The summed E-state index contributed by atoms with van der Waals surface area (Å²) in [4.78, 5) is 12.0. The number of ether oxygens (including phenoxy) is 1. The predicted octanol–water partition coefficient (Wildman–Crippen LogP) is 3.49. The Bertz CT molecular complexity index is 839. The van der Waals surface area contributed by atoms with Crippen LogP contribution in [0.3, 0.4) is 0 Å². The first-order chi connectivity index (χ1) is 11.3. The molecule has 0 fully saturated rings. The van der Waals surface area contributed by atoms with Gasteiger partial charge in [-0.3, -0.25) is 0 Å². The van der Waals surface area contributed by atoms with Crippen LogP contribution in [0.4, 0.5) is 4.79 Å². The van der Waals surface area contributed by atoms with E-state index in [1.165, 1.54) is 16.6 Å². The van der Waals surface area contributed by atoms with E-state index in [1.807, 2.05) is 36.4 Å². The quantitative estimate of drug-likeness (QED) is 0.805. The lowest BCUT2D eigenvalue weighted by atomic mass is 10.2. The molecule has 4 nitrogen and oxygen atoms in total. The monoisotopic (exact) mass is 306 g/mol. The Hall–Kier alpha value is -2.75. The van der Waals surface area contributed by atoms with Crippen LogP contribution in [0.1, 0.15) is 11.3 Å². The molecule has 3 aromatic rings. The molecule has 2 heterocycles. The summed E-state index contributed by atoms with van der Waals surface area (Å²) in [7, 11) is 0. The lowest BCUT2D eigenvalue weighted by molar-refractivity contribution is 0.135. The molecule has 0 saturated heterocycles. The molecule has 1 aliphatic rings. The van der Waals surface area contributed by atoms with Crippen molar-refractivity contribution >= 4 is 17.0 Å². The van der Waals surface area contributed by atoms with Crippen LogP contribution in [0.2, 0.25) is 0 Å². The van der Waals surface area contributed by atoms with Gasteiger partial charge in [0.25, 0.3) is 0 Å². The fourth-order valence-corrected chi connectivity index (χ4v) is 3.22. The standard InChI is InChI=1S/C19H18N2O2/c22-19(23-13-14-6-2-1-3-7-14)20-16-11-17-10-15-8-4-5-9-18(15)21(17)12-16/h1-10,16H,11-13H2,(H,20,22)/t16-/m0/s1. The molecule has 1 aliphatic heterocycles. The number of para-hydroxylation sites is 1. The average molecular weight is 306 g/mol. The maximum Gasteiger partial charge on any atom is 0.407 e. The van der Waals surface area contributed by atoms with Gasteiger partial charge >= 0.3 is 6.09 Å². The van der Waals surface area contributed by atoms with E-state index < -0.39 is 0 Å². The Kier molecular flexibility index (Phi) is 3.50. The number of rotatable bonds is 3. The Morgan fingerprint density at radius 1 is 1.13 bits per heavy atom. The van der Waals surface area contributed by atoms with Gasteiger partial charge in [-0.25, -0.2) is 4.79 Å². The van der Waals surface area contributed by atoms with Gasteiger partial charge in [0.2, 0.25) is 0 Å². The van der Waals surface area contributed by atoms with E-state index in [0.29, 0.717) is 6.61 Å². The summed E-state index contributed by atoms with van der Waals surface area (Å²) in [5.74, 6) is 0. The molecule has 1 N–H and O–H groups in total. The number of hydrogen-bond donors (Lipinski definition) is 1. The minimum Gasteiger partial charge on any atom is -0.445 e. The molecule has 0 aliphatic carbocycles. The second kappa shape index (κ2) is 5.80. The van der Waals surface area contributed by atoms with Crippen molar-refractivity contribution in [1.82, 2.24) is 9.88 Å². The second-order valence-electron chi connectivity index (χ2n) is 5.91. The van der Waals surface area contributed by atoms with Gasteiger partial charge in [0.1, 0.15) is 6.61 Å². The maximum atomic E-state index is 12.0. The zero-order chi connectivity index (χ0) is 15.6. The molecule has 116 valence electrons. The Balaban J connectivity index is 1.36. The van der Waals surface area contributed by atoms with Crippen molar-refractivity contribution in [3.05, 3.63) is 71.9 Å². The largest absolute Gasteiger partial charge is 0.445 e. The minimum atomic E-state index is -0.353. The van der Waals surface area contributed by atoms with Crippen molar-refractivity contribution in [1.29, 1.82) is 0 Å². The number of nitrogens with one attached hydrogen (secondary N) is 1. The van der Waals surface area contributed by atoms with Gasteiger partial charge in [-0.05, 0) is 23.1 Å². The highest BCUT2D eigenvalue weighted by molar-refractivity contribution is 5.81. The lowest BCUT2D eigenvalue weighted by Crippen LogP contribution is -2.36. The molecular weight excluding hydrogens is 288 g/mol. The topological polar surface area (TPSA) is 43.3 Å². The molecule has 4 heteroatoms. The van der Waals surface area contributed by atoms with Crippen molar-refractivity contribution < 1.29 is 9.53 Å². The van der Waals surface area contributed by atoms with Gasteiger partial charge in [-0.2, -0.15) is 0 Å². The molecule has 2 aromatic carbocycles. The molecule has 4 rings (SSSR count). The lowest BCUT2D eigenvalue weighted by Gasteiger charge is -2.12. The highest BCUT2D eigenvalue weighted by Crippen LogP contribution is 2.26. The number of alkyl carbamates (subject to hydrolysis) is 1. The van der Waals surface area contributed by atoms with Crippen LogP contribution in [0.5, 0.6) is 0 Å². The molecule has 0 radical (unpaired) electrons. The molecule has 0 bridgehead atoms. The van der Waals surface area contributed by atoms with Crippen molar-refractivity contribution in [3.63, 3.8) is 0 Å². The third-order valence-electron chi connectivity index (χ3n) is 4.29. The number of nitrogens with zero attached hydrogens (tertiary/aromatic N) is 1. The van der Waals surface area contributed by atoms with Crippen molar-refractivity contribution in [2.24, 2.45) is 0 Å². The zero-order valence-electron chi connectivity index (χ0n) is 12.7. The van der Waals surface area contributed by atoms with Gasteiger partial charge < -0.3 is 14.6 Å². The van der Waals surface area contributed by atoms with E-state index in [9.17, 15) is 4.79 Å². The Morgan fingerprint density at radius 2 is 1.91 bits per heavy atom. The van der Waals surface area contributed by atoms with Crippen LogP contribution >= 0.6 is 0 Å². The van der Waals surface area contributed by atoms with Crippen LogP contribution < -0.4 is 5.32 Å². The summed E-state index contributed by atoms with van der Waals surface area (Å²) in [6, 6.07) is 20.3. The van der Waals surface area contributed by atoms with Gasteiger partial charge in [0.05, 0.1) is 6.04 Å². The first-order valence-corrected chi connectivity index (χ1v) is 7.84. The van der Waals surface area contributed by atoms with Crippen LogP contribution in [-0.4, -0.2) is 16.7 Å². The van der Waals surface area contributed by atoms with Gasteiger partial charge in [-0.1, -0.05) is 48.5 Å². The highest BCUT2D eigenvalue weighted by atomic mass is 16.5. The smallest absolute Gasteiger partial charge is 0.407 e. The molecule has 1 atom stereocenters. The fourth-order valence-electron chi connectivity index (χ4n) is 3.22. The summed E-state index contributed by atoms with van der Waals surface area (Å²) in [5, 5.41) is 4.22. The van der Waals surface area contributed by atoms with E-state index in [4.69, 9.17) is 4.74 Å². The summed E-state index contributed by atoms with van der Waals surface area (Å²) in [5.41, 5.74) is 3.48. The number of hydrogen-bond acceptors (Lipinski definition) is 2. The normalized spacial score (nSPS) is 16.3. The zero-order valence-corrected chi connectivity index (χ0v) is 12.7. The van der Waals surface area contributed by atoms with Crippen LogP contribution in [-0.2, 0) is 24.3 Å². The molecule has 0 unspecified atom stereocenters. The maximum absolute atomic E-state index is 12.0. The van der Waals surface area contributed by atoms with Crippen LogP contribution in [0.25, 0.3) is 10.9 Å². The number of aromatic nitrogens is 1.